The molecular weight excluding hydrogens is 526 g/mol. The molecule has 3 rings (SSSR count). The Hall–Kier alpha value is -3.23. The van der Waals surface area contributed by atoms with Crippen molar-refractivity contribution in [2.75, 3.05) is 24.1 Å². The molecule has 0 aliphatic carbocycles. The second-order valence-electron chi connectivity index (χ2n) is 8.40. The first-order valence-corrected chi connectivity index (χ1v) is 14.6. The second-order valence-corrected chi connectivity index (χ2v) is 10.6. The van der Waals surface area contributed by atoms with E-state index in [1.165, 1.54) is 36.4 Å². The average molecular weight is 560 g/mol. The maximum Gasteiger partial charge on any atom is 0.272 e. The zero-order chi connectivity index (χ0) is 27.7. The third kappa shape index (κ3) is 6.79. The molecule has 1 amide bonds. The zero-order valence-corrected chi connectivity index (χ0v) is 23.8. The van der Waals surface area contributed by atoms with E-state index >= 15 is 0 Å². The Labute approximate surface area is 230 Å². The van der Waals surface area contributed by atoms with Crippen molar-refractivity contribution in [1.82, 2.24) is 0 Å². The van der Waals surface area contributed by atoms with Gasteiger partial charge in [-0.3, -0.25) is 4.79 Å². The number of benzene rings is 3. The van der Waals surface area contributed by atoms with Gasteiger partial charge in [0.1, 0.15) is 0 Å². The second kappa shape index (κ2) is 13.5. The highest BCUT2D eigenvalue weighted by molar-refractivity contribution is 7.93. The Morgan fingerprint density at radius 1 is 0.816 bits per heavy atom. The van der Waals surface area contributed by atoms with Crippen LogP contribution in [0, 0.1) is 0 Å². The van der Waals surface area contributed by atoms with Gasteiger partial charge in [0.25, 0.3) is 15.9 Å². The van der Waals surface area contributed by atoms with Crippen LogP contribution in [0.5, 0.6) is 17.2 Å². The van der Waals surface area contributed by atoms with Gasteiger partial charge < -0.3 is 14.2 Å². The summed E-state index contributed by atoms with van der Waals surface area (Å²) in [5.74, 6) is 0.191. The summed E-state index contributed by atoms with van der Waals surface area (Å²) in [5.41, 5.74) is 1.35. The van der Waals surface area contributed by atoms with Crippen LogP contribution in [0.25, 0.3) is 0 Å². The minimum atomic E-state index is -4.31. The van der Waals surface area contributed by atoms with Gasteiger partial charge in [-0.1, -0.05) is 37.1 Å². The fourth-order valence-corrected chi connectivity index (χ4v) is 5.43. The van der Waals surface area contributed by atoms with E-state index in [4.69, 9.17) is 25.8 Å². The predicted molar refractivity (Wildman–Crippen MR) is 150 cm³/mol. The minimum Gasteiger partial charge on any atom is -0.490 e. The van der Waals surface area contributed by atoms with E-state index in [2.05, 4.69) is 6.92 Å². The minimum absolute atomic E-state index is 0.0636. The molecule has 0 bridgehead atoms. The quantitative estimate of drug-likeness (QED) is 0.226. The van der Waals surface area contributed by atoms with Gasteiger partial charge in [0.05, 0.1) is 30.4 Å². The number of ether oxygens (including phenoxy) is 3. The molecule has 204 valence electrons. The summed E-state index contributed by atoms with van der Waals surface area (Å²) < 4.78 is 45.8. The fraction of sp³-hybridized carbons (Fsp3) is 0.345. The number of sulfonamides is 1. The van der Waals surface area contributed by atoms with Crippen molar-refractivity contribution >= 4 is 33.2 Å². The molecule has 0 aromatic heterocycles. The lowest BCUT2D eigenvalue weighted by molar-refractivity contribution is 0.100. The molecule has 7 nitrogen and oxygen atoms in total. The monoisotopic (exact) mass is 559 g/mol. The molecule has 0 spiro atoms. The summed E-state index contributed by atoms with van der Waals surface area (Å²) in [6.45, 7) is 8.54. The number of nitrogens with zero attached hydrogens (tertiary/aromatic N) is 1. The van der Waals surface area contributed by atoms with Crippen molar-refractivity contribution in [2.45, 2.75) is 51.9 Å². The highest BCUT2D eigenvalue weighted by Gasteiger charge is 2.33. The number of anilines is 1. The van der Waals surface area contributed by atoms with Gasteiger partial charge in [-0.25, -0.2) is 8.42 Å². The zero-order valence-electron chi connectivity index (χ0n) is 22.2. The summed E-state index contributed by atoms with van der Waals surface area (Å²) in [5, 5.41) is 0.385. The lowest BCUT2D eigenvalue weighted by atomic mass is 10.1. The molecule has 0 saturated heterocycles. The Bertz CT molecular complexity index is 1300. The molecular formula is C29H34ClNO6S. The molecule has 0 aliphatic rings. The lowest BCUT2D eigenvalue weighted by Crippen LogP contribution is -2.37. The number of hydrogen-bond acceptors (Lipinski definition) is 6. The predicted octanol–water partition coefficient (Wildman–Crippen LogP) is 6.91. The van der Waals surface area contributed by atoms with Crippen LogP contribution in [0.1, 0.15) is 56.5 Å². The van der Waals surface area contributed by atoms with Crippen LogP contribution in [-0.2, 0) is 16.4 Å². The van der Waals surface area contributed by atoms with E-state index in [0.29, 0.717) is 42.1 Å². The maximum absolute atomic E-state index is 14.0. The highest BCUT2D eigenvalue weighted by Crippen LogP contribution is 2.40. The van der Waals surface area contributed by atoms with Crippen LogP contribution in [0.4, 0.5) is 5.69 Å². The van der Waals surface area contributed by atoms with Crippen LogP contribution in [0.3, 0.4) is 0 Å². The summed E-state index contributed by atoms with van der Waals surface area (Å²) in [6, 6.07) is 15.7. The summed E-state index contributed by atoms with van der Waals surface area (Å²) >= 11 is 6.00. The van der Waals surface area contributed by atoms with Gasteiger partial charge in [-0.15, -0.1) is 0 Å². The van der Waals surface area contributed by atoms with Crippen molar-refractivity contribution in [3.8, 4) is 17.2 Å². The highest BCUT2D eigenvalue weighted by atomic mass is 35.5. The van der Waals surface area contributed by atoms with Gasteiger partial charge in [-0.2, -0.15) is 4.31 Å². The molecule has 0 fully saturated rings. The summed E-state index contributed by atoms with van der Waals surface area (Å²) in [7, 11) is -4.31. The van der Waals surface area contributed by atoms with Gasteiger partial charge in [0.2, 0.25) is 5.75 Å². The van der Waals surface area contributed by atoms with Gasteiger partial charge in [0, 0.05) is 10.6 Å². The molecule has 0 atom stereocenters. The number of carbonyl (C=O) groups is 1. The van der Waals surface area contributed by atoms with E-state index in [1.54, 1.807) is 12.1 Å². The molecule has 0 N–H and O–H groups in total. The van der Waals surface area contributed by atoms with E-state index in [-0.39, 0.29) is 16.1 Å². The molecule has 3 aromatic rings. The first-order chi connectivity index (χ1) is 18.3. The van der Waals surface area contributed by atoms with E-state index in [0.717, 1.165) is 29.1 Å². The standard InChI is InChI=1S/C29H34ClNO6S/c1-5-9-10-21-11-15-24(16-12-21)31(38(33,34)25-17-13-23(30)14-18-25)29(32)22-19-26(35-6-2)28(37-8-4)27(20-22)36-7-3/h11-20H,5-10H2,1-4H3. The van der Waals surface area contributed by atoms with Crippen LogP contribution in [0.15, 0.2) is 65.6 Å². The van der Waals surface area contributed by atoms with Gasteiger partial charge in [0.15, 0.2) is 11.5 Å². The number of amides is 1. The van der Waals surface area contributed by atoms with Crippen LogP contribution < -0.4 is 18.5 Å². The number of rotatable bonds is 13. The number of aryl methyl sites for hydroxylation is 1. The average Bonchev–Trinajstić information content (AvgIpc) is 2.90. The fourth-order valence-electron chi connectivity index (χ4n) is 3.89. The Balaban J connectivity index is 2.18. The molecule has 9 heteroatoms. The summed E-state index contributed by atoms with van der Waals surface area (Å²) in [6.07, 6.45) is 2.92. The number of hydrogen-bond donors (Lipinski definition) is 0. The Kier molecular flexibility index (Phi) is 10.4. The topological polar surface area (TPSA) is 82.1 Å². The van der Waals surface area contributed by atoms with Crippen LogP contribution in [0.2, 0.25) is 5.02 Å². The smallest absolute Gasteiger partial charge is 0.272 e. The number of halogens is 1. The van der Waals surface area contributed by atoms with Crippen LogP contribution in [-0.4, -0.2) is 34.1 Å². The molecule has 0 saturated carbocycles. The van der Waals surface area contributed by atoms with E-state index in [1.807, 2.05) is 32.9 Å². The molecule has 0 radical (unpaired) electrons. The normalized spacial score (nSPS) is 11.2. The van der Waals surface area contributed by atoms with Gasteiger partial charge in [-0.05, 0) is 87.7 Å². The molecule has 0 heterocycles. The molecule has 3 aromatic carbocycles. The third-order valence-electron chi connectivity index (χ3n) is 5.68. The number of carbonyl (C=O) groups excluding carboxylic acids is 1. The van der Waals surface area contributed by atoms with E-state index in [9.17, 15) is 13.2 Å². The third-order valence-corrected chi connectivity index (χ3v) is 7.66. The van der Waals surface area contributed by atoms with Crippen molar-refractivity contribution in [1.29, 1.82) is 0 Å². The Morgan fingerprint density at radius 2 is 1.37 bits per heavy atom. The lowest BCUT2D eigenvalue weighted by Gasteiger charge is -2.24. The molecule has 0 aliphatic heterocycles. The molecule has 38 heavy (non-hydrogen) atoms. The summed E-state index contributed by atoms with van der Waals surface area (Å²) in [4.78, 5) is 14.0. The SMILES string of the molecule is CCCCc1ccc(N(C(=O)c2cc(OCC)c(OCC)c(OCC)c2)S(=O)(=O)c2ccc(Cl)cc2)cc1. The van der Waals surface area contributed by atoms with Crippen molar-refractivity contribution in [2.24, 2.45) is 0 Å². The number of unbranched alkanes of at least 4 members (excludes halogenated alkanes) is 1. The first-order valence-electron chi connectivity index (χ1n) is 12.8. The van der Waals surface area contributed by atoms with Crippen molar-refractivity contribution in [3.63, 3.8) is 0 Å². The van der Waals surface area contributed by atoms with Gasteiger partial charge >= 0.3 is 0 Å². The largest absolute Gasteiger partial charge is 0.490 e. The van der Waals surface area contributed by atoms with Crippen molar-refractivity contribution < 1.29 is 27.4 Å². The molecule has 0 unspecified atom stereocenters. The van der Waals surface area contributed by atoms with Crippen LogP contribution >= 0.6 is 11.6 Å². The maximum atomic E-state index is 14.0. The van der Waals surface area contributed by atoms with E-state index < -0.39 is 15.9 Å². The van der Waals surface area contributed by atoms with Crippen molar-refractivity contribution in [3.05, 3.63) is 76.8 Å². The first kappa shape index (κ1) is 29.3. The Morgan fingerprint density at radius 3 is 1.87 bits per heavy atom.